The number of carbonyl (C=O) groups is 1. The summed E-state index contributed by atoms with van der Waals surface area (Å²) in [5.74, 6) is 1.01. The van der Waals surface area contributed by atoms with E-state index in [-0.39, 0.29) is 11.8 Å². The molecule has 1 aromatic carbocycles. The van der Waals surface area contributed by atoms with Crippen molar-refractivity contribution in [2.45, 2.75) is 55.8 Å². The van der Waals surface area contributed by atoms with Gasteiger partial charge in [0, 0.05) is 31.1 Å². The minimum absolute atomic E-state index is 0.0320. The maximum absolute atomic E-state index is 12.7. The van der Waals surface area contributed by atoms with E-state index >= 15 is 0 Å². The van der Waals surface area contributed by atoms with Gasteiger partial charge in [0.1, 0.15) is 5.75 Å². The minimum atomic E-state index is -0.890. The number of hydrogen-bond acceptors (Lipinski definition) is 4. The fourth-order valence-electron chi connectivity index (χ4n) is 5.95. The Kier molecular flexibility index (Phi) is 2.75. The summed E-state index contributed by atoms with van der Waals surface area (Å²) < 4.78 is 6.23. The molecular weight excluding hydrogens is 302 g/mol. The molecule has 4 atom stereocenters. The smallest absolute Gasteiger partial charge is 0.174 e. The van der Waals surface area contributed by atoms with Crippen molar-refractivity contribution in [3.63, 3.8) is 0 Å². The Balaban J connectivity index is 1.80. The molecule has 0 aromatic heterocycles. The molecular formula is C20H23NO3. The molecule has 1 N–H and O–H groups in total. The highest BCUT2D eigenvalue weighted by Crippen LogP contribution is 2.63. The van der Waals surface area contributed by atoms with Gasteiger partial charge in [0.2, 0.25) is 0 Å². The molecule has 2 heterocycles. The maximum Gasteiger partial charge on any atom is 0.174 e. The largest absolute Gasteiger partial charge is 0.481 e. The monoisotopic (exact) mass is 325 g/mol. The van der Waals surface area contributed by atoms with Crippen molar-refractivity contribution in [1.29, 1.82) is 0 Å². The molecule has 4 nitrogen and oxygen atoms in total. The Morgan fingerprint density at radius 2 is 2.29 bits per heavy atom. The van der Waals surface area contributed by atoms with Gasteiger partial charge < -0.3 is 9.84 Å². The van der Waals surface area contributed by atoms with E-state index in [1.54, 1.807) is 0 Å². The second-order valence-corrected chi connectivity index (χ2v) is 7.86. The summed E-state index contributed by atoms with van der Waals surface area (Å²) in [7, 11) is 0. The Bertz CT molecular complexity index is 772. The van der Waals surface area contributed by atoms with E-state index in [1.807, 2.05) is 13.0 Å². The molecule has 126 valence electrons. The molecule has 1 unspecified atom stereocenters. The van der Waals surface area contributed by atoms with Crippen LogP contribution in [0.2, 0.25) is 0 Å². The first-order valence-corrected chi connectivity index (χ1v) is 8.92. The highest BCUT2D eigenvalue weighted by molar-refractivity contribution is 5.89. The van der Waals surface area contributed by atoms with Crippen molar-refractivity contribution in [1.82, 2.24) is 4.90 Å². The summed E-state index contributed by atoms with van der Waals surface area (Å²) in [6.45, 7) is 7.56. The van der Waals surface area contributed by atoms with Crippen LogP contribution in [0, 0.1) is 6.92 Å². The number of ketones is 1. The van der Waals surface area contributed by atoms with Gasteiger partial charge in [-0.2, -0.15) is 0 Å². The molecule has 1 saturated heterocycles. The second-order valence-electron chi connectivity index (χ2n) is 7.86. The summed E-state index contributed by atoms with van der Waals surface area (Å²) in [5.41, 5.74) is 2.01. The molecule has 5 rings (SSSR count). The number of carbonyl (C=O) groups excluding carboxylic acids is 1. The molecule has 0 amide bonds. The lowest BCUT2D eigenvalue weighted by Gasteiger charge is -2.62. The van der Waals surface area contributed by atoms with E-state index in [0.717, 1.165) is 42.8 Å². The third kappa shape index (κ3) is 1.42. The first kappa shape index (κ1) is 14.7. The van der Waals surface area contributed by atoms with E-state index in [9.17, 15) is 9.90 Å². The van der Waals surface area contributed by atoms with Gasteiger partial charge in [0.05, 0.1) is 11.0 Å². The number of nitrogens with zero attached hydrogens (tertiary/aromatic N) is 1. The Hall–Kier alpha value is -1.65. The third-order valence-corrected chi connectivity index (χ3v) is 6.95. The van der Waals surface area contributed by atoms with Crippen molar-refractivity contribution in [3.8, 4) is 5.75 Å². The molecule has 24 heavy (non-hydrogen) atoms. The summed E-state index contributed by atoms with van der Waals surface area (Å²) in [6, 6.07) is 4.29. The second kappa shape index (κ2) is 4.50. The van der Waals surface area contributed by atoms with Crippen LogP contribution in [0.1, 0.15) is 36.0 Å². The van der Waals surface area contributed by atoms with Crippen molar-refractivity contribution >= 4 is 5.78 Å². The quantitative estimate of drug-likeness (QED) is 0.844. The number of likely N-dealkylation sites (tertiary alicyclic amines) is 1. The van der Waals surface area contributed by atoms with Gasteiger partial charge in [-0.25, -0.2) is 0 Å². The summed E-state index contributed by atoms with van der Waals surface area (Å²) in [5, 5.41) is 11.9. The number of benzene rings is 1. The van der Waals surface area contributed by atoms with Crippen molar-refractivity contribution in [3.05, 3.63) is 41.5 Å². The van der Waals surface area contributed by atoms with E-state index < -0.39 is 17.1 Å². The molecule has 2 bridgehead atoms. The third-order valence-electron chi connectivity index (χ3n) is 6.95. The van der Waals surface area contributed by atoms with Gasteiger partial charge in [0.25, 0.3) is 0 Å². The number of aryl methyl sites for hydroxylation is 1. The molecule has 4 heteroatoms. The molecule has 1 spiro atoms. The molecule has 4 aliphatic rings. The summed E-state index contributed by atoms with van der Waals surface area (Å²) >= 11 is 0. The fourth-order valence-corrected chi connectivity index (χ4v) is 5.95. The van der Waals surface area contributed by atoms with Crippen molar-refractivity contribution < 1.29 is 14.6 Å². The van der Waals surface area contributed by atoms with E-state index in [4.69, 9.17) is 4.74 Å². The standard InChI is InChI=1S/C20H23NO3/c1-3-9-21-10-8-19-16-13-5-4-12(2)17(16)24-18(19)14(22)6-7-20(19,23)15(21)11-13/h3-5,15,18,23H,1,6-11H2,2H3/t15?,18-,19-,20+/m0/s1. The Morgan fingerprint density at radius 1 is 1.46 bits per heavy atom. The lowest BCUT2D eigenvalue weighted by atomic mass is 9.49. The van der Waals surface area contributed by atoms with Gasteiger partial charge in [0.15, 0.2) is 11.9 Å². The van der Waals surface area contributed by atoms with Crippen LogP contribution < -0.4 is 4.74 Å². The van der Waals surface area contributed by atoms with Crippen molar-refractivity contribution in [2.24, 2.45) is 0 Å². The normalized spacial score (nSPS) is 39.3. The molecule has 1 aromatic rings. The number of ether oxygens (including phenoxy) is 1. The molecule has 0 radical (unpaired) electrons. The van der Waals surface area contributed by atoms with E-state index in [1.165, 1.54) is 5.56 Å². The zero-order valence-corrected chi connectivity index (χ0v) is 14.0. The predicted molar refractivity (Wildman–Crippen MR) is 90.3 cm³/mol. The number of hydrogen-bond donors (Lipinski definition) is 1. The van der Waals surface area contributed by atoms with Crippen LogP contribution in [0.3, 0.4) is 0 Å². The van der Waals surface area contributed by atoms with E-state index in [2.05, 4.69) is 23.6 Å². The maximum atomic E-state index is 12.7. The highest BCUT2D eigenvalue weighted by atomic mass is 16.5. The van der Waals surface area contributed by atoms with Gasteiger partial charge in [-0.15, -0.1) is 6.58 Å². The lowest BCUT2D eigenvalue weighted by molar-refractivity contribution is -0.187. The number of rotatable bonds is 2. The Labute approximate surface area is 142 Å². The van der Waals surface area contributed by atoms with Crippen LogP contribution in [0.4, 0.5) is 0 Å². The van der Waals surface area contributed by atoms with Crippen LogP contribution in [-0.4, -0.2) is 46.6 Å². The van der Waals surface area contributed by atoms with Crippen LogP contribution in [0.25, 0.3) is 0 Å². The number of aliphatic hydroxyl groups is 1. The number of Topliss-reactive ketones (excluding diaryl/α,β-unsaturated/α-hetero) is 1. The topological polar surface area (TPSA) is 49.8 Å². The van der Waals surface area contributed by atoms with Crippen LogP contribution in [0.15, 0.2) is 24.8 Å². The lowest BCUT2D eigenvalue weighted by Crippen LogP contribution is -2.76. The molecule has 2 fully saturated rings. The van der Waals surface area contributed by atoms with Crippen LogP contribution in [-0.2, 0) is 16.6 Å². The SMILES string of the molecule is C=CCN1CC[C@]23c4c5ccc(C)c4O[C@H]2C(=O)CC[C@@]3(O)C1C5. The minimum Gasteiger partial charge on any atom is -0.481 e. The zero-order chi connectivity index (χ0) is 16.7. The fraction of sp³-hybridized carbons (Fsp3) is 0.550. The molecule has 1 saturated carbocycles. The average molecular weight is 325 g/mol. The average Bonchev–Trinajstić information content (AvgIpc) is 2.91. The Morgan fingerprint density at radius 3 is 3.08 bits per heavy atom. The predicted octanol–water partition coefficient (Wildman–Crippen LogP) is 1.90. The van der Waals surface area contributed by atoms with Crippen LogP contribution >= 0.6 is 0 Å². The summed E-state index contributed by atoms with van der Waals surface area (Å²) in [6.07, 6.45) is 3.93. The number of piperidine rings is 1. The molecule has 2 aliphatic heterocycles. The summed E-state index contributed by atoms with van der Waals surface area (Å²) in [4.78, 5) is 15.1. The highest BCUT2D eigenvalue weighted by Gasteiger charge is 2.72. The van der Waals surface area contributed by atoms with Crippen LogP contribution in [0.5, 0.6) is 5.75 Å². The van der Waals surface area contributed by atoms with E-state index in [0.29, 0.717) is 12.8 Å². The first-order chi connectivity index (χ1) is 11.5. The molecule has 2 aliphatic carbocycles. The van der Waals surface area contributed by atoms with Gasteiger partial charge >= 0.3 is 0 Å². The first-order valence-electron chi connectivity index (χ1n) is 8.92. The van der Waals surface area contributed by atoms with Crippen molar-refractivity contribution in [2.75, 3.05) is 13.1 Å². The zero-order valence-electron chi connectivity index (χ0n) is 14.0. The van der Waals surface area contributed by atoms with Gasteiger partial charge in [-0.1, -0.05) is 18.2 Å². The van der Waals surface area contributed by atoms with Gasteiger partial charge in [-0.3, -0.25) is 9.69 Å². The van der Waals surface area contributed by atoms with Gasteiger partial charge in [-0.05, 0) is 37.3 Å².